The van der Waals surface area contributed by atoms with Gasteiger partial charge in [-0.05, 0) is 32.5 Å². The molecule has 4 nitrogen and oxygen atoms in total. The first kappa shape index (κ1) is 18.2. The van der Waals surface area contributed by atoms with E-state index in [4.69, 9.17) is 5.73 Å². The van der Waals surface area contributed by atoms with Crippen LogP contribution in [0, 0.1) is 0 Å². The number of nitrogens with zero attached hydrogens (tertiary/aromatic N) is 2. The Bertz CT molecular complexity index is 365. The van der Waals surface area contributed by atoms with Crippen LogP contribution in [0.25, 0.3) is 0 Å². The van der Waals surface area contributed by atoms with Crippen molar-refractivity contribution in [2.75, 3.05) is 25.0 Å². The molecular formula is C14H25IN4. The van der Waals surface area contributed by atoms with Crippen LogP contribution in [0.2, 0.25) is 0 Å². The topological polar surface area (TPSA) is 53.6 Å². The Morgan fingerprint density at radius 3 is 2.47 bits per heavy atom. The van der Waals surface area contributed by atoms with E-state index in [0.717, 1.165) is 25.3 Å². The Morgan fingerprint density at radius 2 is 1.95 bits per heavy atom. The van der Waals surface area contributed by atoms with Gasteiger partial charge in [-0.2, -0.15) is 0 Å². The number of rotatable bonds is 6. The number of para-hydroxylation sites is 1. The number of hydrogen-bond donors (Lipinski definition) is 2. The fourth-order valence-corrected chi connectivity index (χ4v) is 1.79. The van der Waals surface area contributed by atoms with Gasteiger partial charge in [-0.15, -0.1) is 24.0 Å². The summed E-state index contributed by atoms with van der Waals surface area (Å²) in [6, 6.07) is 10.4. The lowest BCUT2D eigenvalue weighted by Gasteiger charge is -2.23. The standard InChI is InChI=1S/C14H24N4.HI/c1-4-18(12(2)3)11-10-16-14(15)17-13-8-6-5-7-9-13;/h5-9,12H,4,10-11H2,1-3H3,(H3,15,16,17);1H. The predicted octanol–water partition coefficient (Wildman–Crippen LogP) is 2.76. The molecular weight excluding hydrogens is 351 g/mol. The number of likely N-dealkylation sites (N-methyl/N-ethyl adjacent to an activating group) is 1. The molecule has 0 fully saturated rings. The Kier molecular flexibility index (Phi) is 9.59. The summed E-state index contributed by atoms with van der Waals surface area (Å²) in [5.74, 6) is 0.473. The molecule has 0 saturated heterocycles. The fourth-order valence-electron chi connectivity index (χ4n) is 1.79. The van der Waals surface area contributed by atoms with E-state index in [1.807, 2.05) is 30.3 Å². The second-order valence-electron chi connectivity index (χ2n) is 4.48. The van der Waals surface area contributed by atoms with Crippen LogP contribution in [0.4, 0.5) is 5.69 Å². The monoisotopic (exact) mass is 376 g/mol. The molecule has 1 aromatic carbocycles. The van der Waals surface area contributed by atoms with Crippen molar-refractivity contribution in [2.24, 2.45) is 10.7 Å². The van der Waals surface area contributed by atoms with Crippen LogP contribution in [0.15, 0.2) is 35.3 Å². The third-order valence-electron chi connectivity index (χ3n) is 2.85. The van der Waals surface area contributed by atoms with Crippen molar-refractivity contribution in [3.8, 4) is 0 Å². The summed E-state index contributed by atoms with van der Waals surface area (Å²) in [6.45, 7) is 9.25. The maximum atomic E-state index is 5.83. The lowest BCUT2D eigenvalue weighted by atomic mass is 10.3. The highest BCUT2D eigenvalue weighted by molar-refractivity contribution is 14.0. The van der Waals surface area contributed by atoms with Crippen LogP contribution < -0.4 is 11.1 Å². The molecule has 0 radical (unpaired) electrons. The van der Waals surface area contributed by atoms with Gasteiger partial charge in [-0.1, -0.05) is 25.1 Å². The van der Waals surface area contributed by atoms with Gasteiger partial charge in [0.2, 0.25) is 0 Å². The van der Waals surface area contributed by atoms with Gasteiger partial charge < -0.3 is 11.1 Å². The predicted molar refractivity (Wildman–Crippen MR) is 94.4 cm³/mol. The molecule has 1 aromatic rings. The number of nitrogens with two attached hydrogens (primary N) is 1. The number of hydrogen-bond acceptors (Lipinski definition) is 2. The third kappa shape index (κ3) is 7.37. The zero-order chi connectivity index (χ0) is 13.4. The third-order valence-corrected chi connectivity index (χ3v) is 2.85. The molecule has 0 aliphatic carbocycles. The van der Waals surface area contributed by atoms with E-state index in [2.05, 4.69) is 36.0 Å². The zero-order valence-corrected chi connectivity index (χ0v) is 14.3. The quantitative estimate of drug-likeness (QED) is 0.456. The summed E-state index contributed by atoms with van der Waals surface area (Å²) >= 11 is 0. The Morgan fingerprint density at radius 1 is 1.32 bits per heavy atom. The van der Waals surface area contributed by atoms with E-state index in [0.29, 0.717) is 12.0 Å². The molecule has 0 heterocycles. The van der Waals surface area contributed by atoms with Crippen molar-refractivity contribution in [3.05, 3.63) is 30.3 Å². The van der Waals surface area contributed by atoms with Crippen LogP contribution in [0.3, 0.4) is 0 Å². The molecule has 19 heavy (non-hydrogen) atoms. The minimum absolute atomic E-state index is 0. The first-order chi connectivity index (χ1) is 8.63. The average Bonchev–Trinajstić information content (AvgIpc) is 2.35. The largest absolute Gasteiger partial charge is 0.370 e. The van der Waals surface area contributed by atoms with Gasteiger partial charge in [0, 0.05) is 18.3 Å². The Balaban J connectivity index is 0.00000324. The minimum Gasteiger partial charge on any atom is -0.370 e. The molecule has 0 aromatic heterocycles. The highest BCUT2D eigenvalue weighted by Crippen LogP contribution is 2.03. The van der Waals surface area contributed by atoms with Crippen molar-refractivity contribution >= 4 is 35.6 Å². The number of aliphatic imine (C=N–C) groups is 1. The first-order valence-electron chi connectivity index (χ1n) is 6.49. The highest BCUT2D eigenvalue weighted by Gasteiger charge is 2.05. The SMILES string of the molecule is CCN(CCN=C(N)Nc1ccccc1)C(C)C.I. The van der Waals surface area contributed by atoms with Crippen molar-refractivity contribution in [3.63, 3.8) is 0 Å². The normalized spacial score (nSPS) is 11.5. The first-order valence-corrected chi connectivity index (χ1v) is 6.49. The smallest absolute Gasteiger partial charge is 0.193 e. The molecule has 0 unspecified atom stereocenters. The summed E-state index contributed by atoms with van der Waals surface area (Å²) in [5, 5.41) is 3.07. The maximum Gasteiger partial charge on any atom is 0.193 e. The zero-order valence-electron chi connectivity index (χ0n) is 12.0. The summed E-state index contributed by atoms with van der Waals surface area (Å²) in [6.07, 6.45) is 0. The molecule has 0 aliphatic rings. The molecule has 0 atom stereocenters. The number of benzene rings is 1. The van der Waals surface area contributed by atoms with E-state index in [1.54, 1.807) is 0 Å². The van der Waals surface area contributed by atoms with Crippen molar-refractivity contribution < 1.29 is 0 Å². The second-order valence-corrected chi connectivity index (χ2v) is 4.48. The van der Waals surface area contributed by atoms with Gasteiger partial charge in [-0.3, -0.25) is 9.89 Å². The molecule has 3 N–H and O–H groups in total. The fraction of sp³-hybridized carbons (Fsp3) is 0.500. The van der Waals surface area contributed by atoms with E-state index in [1.165, 1.54) is 0 Å². The van der Waals surface area contributed by atoms with Crippen LogP contribution >= 0.6 is 24.0 Å². The molecule has 0 bridgehead atoms. The molecule has 108 valence electrons. The molecule has 0 saturated carbocycles. The number of anilines is 1. The maximum absolute atomic E-state index is 5.83. The van der Waals surface area contributed by atoms with Gasteiger partial charge in [0.15, 0.2) is 5.96 Å². The number of guanidine groups is 1. The van der Waals surface area contributed by atoms with E-state index < -0.39 is 0 Å². The summed E-state index contributed by atoms with van der Waals surface area (Å²) in [7, 11) is 0. The summed E-state index contributed by atoms with van der Waals surface area (Å²) in [4.78, 5) is 6.69. The lowest BCUT2D eigenvalue weighted by Crippen LogP contribution is -2.33. The molecule has 0 amide bonds. The summed E-state index contributed by atoms with van der Waals surface area (Å²) < 4.78 is 0. The van der Waals surface area contributed by atoms with Crippen LogP contribution in [-0.4, -0.2) is 36.5 Å². The van der Waals surface area contributed by atoms with Crippen molar-refractivity contribution in [1.29, 1.82) is 0 Å². The molecule has 0 aliphatic heterocycles. The molecule has 0 spiro atoms. The highest BCUT2D eigenvalue weighted by atomic mass is 127. The van der Waals surface area contributed by atoms with Crippen molar-refractivity contribution in [1.82, 2.24) is 4.90 Å². The average molecular weight is 376 g/mol. The molecule has 5 heteroatoms. The van der Waals surface area contributed by atoms with Crippen LogP contribution in [0.5, 0.6) is 0 Å². The van der Waals surface area contributed by atoms with Crippen LogP contribution in [0.1, 0.15) is 20.8 Å². The van der Waals surface area contributed by atoms with E-state index in [9.17, 15) is 0 Å². The van der Waals surface area contributed by atoms with Crippen molar-refractivity contribution in [2.45, 2.75) is 26.8 Å². The van der Waals surface area contributed by atoms with Gasteiger partial charge in [0.25, 0.3) is 0 Å². The second kappa shape index (κ2) is 10.0. The summed E-state index contributed by atoms with van der Waals surface area (Å²) in [5.41, 5.74) is 6.80. The number of nitrogens with one attached hydrogen (secondary N) is 1. The lowest BCUT2D eigenvalue weighted by molar-refractivity contribution is 0.241. The minimum atomic E-state index is 0. The van der Waals surface area contributed by atoms with Gasteiger partial charge >= 0.3 is 0 Å². The van der Waals surface area contributed by atoms with Gasteiger partial charge in [0.05, 0.1) is 6.54 Å². The van der Waals surface area contributed by atoms with E-state index >= 15 is 0 Å². The Hall–Kier alpha value is -0.820. The molecule has 1 rings (SSSR count). The van der Waals surface area contributed by atoms with Crippen LogP contribution in [-0.2, 0) is 0 Å². The van der Waals surface area contributed by atoms with Gasteiger partial charge in [0.1, 0.15) is 0 Å². The Labute approximate surface area is 133 Å². The number of halogens is 1. The van der Waals surface area contributed by atoms with E-state index in [-0.39, 0.29) is 24.0 Å². The van der Waals surface area contributed by atoms with Gasteiger partial charge in [-0.25, -0.2) is 0 Å².